The summed E-state index contributed by atoms with van der Waals surface area (Å²) in [6, 6.07) is 12.1. The zero-order valence-electron chi connectivity index (χ0n) is 15.9. The molecule has 0 N–H and O–H groups in total. The van der Waals surface area contributed by atoms with Crippen LogP contribution in [0.5, 0.6) is 0 Å². The Bertz CT molecular complexity index is 933. The zero-order valence-corrected chi connectivity index (χ0v) is 16.7. The highest BCUT2D eigenvalue weighted by Crippen LogP contribution is 2.28. The van der Waals surface area contributed by atoms with Gasteiger partial charge in [-0.05, 0) is 50.5 Å². The fourth-order valence-electron chi connectivity index (χ4n) is 3.33. The number of rotatable bonds is 5. The highest BCUT2D eigenvalue weighted by molar-refractivity contribution is 7.99. The molecule has 1 aliphatic heterocycles. The Morgan fingerprint density at radius 1 is 1.07 bits per heavy atom. The van der Waals surface area contributed by atoms with Crippen molar-refractivity contribution in [2.45, 2.75) is 31.3 Å². The third-order valence-electron chi connectivity index (χ3n) is 4.88. The maximum atomic E-state index is 12.6. The first kappa shape index (κ1) is 18.7. The van der Waals surface area contributed by atoms with E-state index in [0.29, 0.717) is 10.9 Å². The third kappa shape index (κ3) is 4.09. The largest absolute Gasteiger partial charge is 0.342 e. The smallest absolute Gasteiger partial charge is 0.233 e. The summed E-state index contributed by atoms with van der Waals surface area (Å²) < 4.78 is 2.00. The predicted molar refractivity (Wildman–Crippen MR) is 110 cm³/mol. The lowest BCUT2D eigenvalue weighted by molar-refractivity contribution is -0.129. The van der Waals surface area contributed by atoms with E-state index in [1.807, 2.05) is 21.6 Å². The Balaban J connectivity index is 1.62. The molecule has 28 heavy (non-hydrogen) atoms. The van der Waals surface area contributed by atoms with Gasteiger partial charge in [0.1, 0.15) is 0 Å². The molecular weight excluding hydrogens is 370 g/mol. The van der Waals surface area contributed by atoms with Crippen molar-refractivity contribution in [3.8, 4) is 17.1 Å². The van der Waals surface area contributed by atoms with Crippen molar-refractivity contribution in [1.82, 2.24) is 24.6 Å². The lowest BCUT2D eigenvalue weighted by atomic mass is 10.1. The van der Waals surface area contributed by atoms with Gasteiger partial charge >= 0.3 is 0 Å². The van der Waals surface area contributed by atoms with Gasteiger partial charge in [-0.15, -0.1) is 10.2 Å². The highest BCUT2D eigenvalue weighted by Gasteiger charge is 2.20. The van der Waals surface area contributed by atoms with Crippen LogP contribution in [0.25, 0.3) is 17.1 Å². The Labute approximate surface area is 169 Å². The van der Waals surface area contributed by atoms with E-state index < -0.39 is 0 Å². The number of carbonyl (C=O) groups excluding carboxylic acids is 1. The first-order chi connectivity index (χ1) is 13.7. The van der Waals surface area contributed by atoms with Gasteiger partial charge in [0.15, 0.2) is 11.0 Å². The Morgan fingerprint density at radius 2 is 1.86 bits per heavy atom. The second-order valence-corrected chi connectivity index (χ2v) is 7.89. The Hall–Kier alpha value is -2.67. The number of hydrogen-bond donors (Lipinski definition) is 0. The molecule has 3 aromatic rings. The molecule has 7 heteroatoms. The van der Waals surface area contributed by atoms with Crippen LogP contribution in [0, 0.1) is 6.92 Å². The lowest BCUT2D eigenvalue weighted by Gasteiger charge is -2.26. The molecule has 1 fully saturated rings. The lowest BCUT2D eigenvalue weighted by Crippen LogP contribution is -2.36. The summed E-state index contributed by atoms with van der Waals surface area (Å²) in [5, 5.41) is 9.50. The number of aryl methyl sites for hydroxylation is 1. The summed E-state index contributed by atoms with van der Waals surface area (Å²) in [5.41, 5.74) is 3.06. The van der Waals surface area contributed by atoms with Crippen LogP contribution < -0.4 is 0 Å². The molecule has 1 amide bonds. The standard InChI is InChI=1S/C21H23N5OS/c1-16-7-9-18(10-8-16)26-20(17-6-5-11-22-14-17)23-24-21(26)28-15-19(27)25-12-3-2-4-13-25/h5-11,14H,2-4,12-13,15H2,1H3. The number of nitrogens with zero attached hydrogens (tertiary/aromatic N) is 5. The molecule has 2 aromatic heterocycles. The van der Waals surface area contributed by atoms with Crippen LogP contribution in [0.1, 0.15) is 24.8 Å². The van der Waals surface area contributed by atoms with E-state index in [9.17, 15) is 4.79 Å². The summed E-state index contributed by atoms with van der Waals surface area (Å²) >= 11 is 1.44. The summed E-state index contributed by atoms with van der Waals surface area (Å²) in [5.74, 6) is 1.27. The van der Waals surface area contributed by atoms with Crippen LogP contribution in [0.4, 0.5) is 0 Å². The van der Waals surface area contributed by atoms with E-state index in [4.69, 9.17) is 0 Å². The van der Waals surface area contributed by atoms with E-state index in [1.165, 1.54) is 23.7 Å². The van der Waals surface area contributed by atoms with Gasteiger partial charge in [0.25, 0.3) is 0 Å². The molecule has 0 atom stereocenters. The van der Waals surface area contributed by atoms with Crippen molar-refractivity contribution in [3.63, 3.8) is 0 Å². The van der Waals surface area contributed by atoms with Crippen molar-refractivity contribution < 1.29 is 4.79 Å². The van der Waals surface area contributed by atoms with Crippen LogP contribution in [-0.2, 0) is 4.79 Å². The quantitative estimate of drug-likeness (QED) is 0.618. The molecule has 1 aromatic carbocycles. The van der Waals surface area contributed by atoms with Crippen LogP contribution in [-0.4, -0.2) is 49.4 Å². The number of carbonyl (C=O) groups is 1. The maximum absolute atomic E-state index is 12.6. The SMILES string of the molecule is Cc1ccc(-n2c(SCC(=O)N3CCCCC3)nnc2-c2cccnc2)cc1. The summed E-state index contributed by atoms with van der Waals surface area (Å²) in [6.07, 6.45) is 6.93. The molecule has 1 saturated heterocycles. The van der Waals surface area contributed by atoms with Crippen molar-refractivity contribution in [2.24, 2.45) is 0 Å². The zero-order chi connectivity index (χ0) is 19.3. The van der Waals surface area contributed by atoms with E-state index in [1.54, 1.807) is 12.4 Å². The fourth-order valence-corrected chi connectivity index (χ4v) is 4.19. The van der Waals surface area contributed by atoms with E-state index in [-0.39, 0.29) is 5.91 Å². The maximum Gasteiger partial charge on any atom is 0.233 e. The summed E-state index contributed by atoms with van der Waals surface area (Å²) in [4.78, 5) is 18.7. The minimum absolute atomic E-state index is 0.172. The average Bonchev–Trinajstić information content (AvgIpc) is 3.18. The van der Waals surface area contributed by atoms with Gasteiger partial charge in [0.2, 0.25) is 5.91 Å². The van der Waals surface area contributed by atoms with Crippen LogP contribution in [0.3, 0.4) is 0 Å². The predicted octanol–water partition coefficient (Wildman–Crippen LogP) is 3.74. The Morgan fingerprint density at radius 3 is 2.57 bits per heavy atom. The number of hydrogen-bond acceptors (Lipinski definition) is 5. The van der Waals surface area contributed by atoms with E-state index in [0.717, 1.165) is 43.0 Å². The topological polar surface area (TPSA) is 63.9 Å². The summed E-state index contributed by atoms with van der Waals surface area (Å²) in [6.45, 7) is 3.79. The number of pyridine rings is 1. The molecule has 0 bridgehead atoms. The monoisotopic (exact) mass is 393 g/mol. The molecular formula is C21H23N5OS. The van der Waals surface area contributed by atoms with Crippen LogP contribution in [0.2, 0.25) is 0 Å². The minimum Gasteiger partial charge on any atom is -0.342 e. The molecule has 144 valence electrons. The molecule has 6 nitrogen and oxygen atoms in total. The second-order valence-electron chi connectivity index (χ2n) is 6.95. The Kier molecular flexibility index (Phi) is 5.71. The van der Waals surface area contributed by atoms with Gasteiger partial charge in [0, 0.05) is 36.7 Å². The molecule has 0 radical (unpaired) electrons. The third-order valence-corrected chi connectivity index (χ3v) is 5.79. The molecule has 0 aliphatic carbocycles. The van der Waals surface area contributed by atoms with Gasteiger partial charge in [0.05, 0.1) is 5.75 Å². The average molecular weight is 394 g/mol. The van der Waals surface area contributed by atoms with Crippen molar-refractivity contribution in [3.05, 3.63) is 54.4 Å². The summed E-state index contributed by atoms with van der Waals surface area (Å²) in [7, 11) is 0. The van der Waals surface area contributed by atoms with Crippen LogP contribution >= 0.6 is 11.8 Å². The molecule has 3 heterocycles. The number of likely N-dealkylation sites (tertiary alicyclic amines) is 1. The number of piperidine rings is 1. The molecule has 0 unspecified atom stereocenters. The van der Waals surface area contributed by atoms with E-state index >= 15 is 0 Å². The van der Waals surface area contributed by atoms with Gasteiger partial charge in [-0.2, -0.15) is 0 Å². The van der Waals surface area contributed by atoms with Crippen molar-refractivity contribution in [1.29, 1.82) is 0 Å². The fraction of sp³-hybridized carbons (Fsp3) is 0.333. The minimum atomic E-state index is 0.172. The van der Waals surface area contributed by atoms with Gasteiger partial charge in [-0.1, -0.05) is 29.5 Å². The number of amides is 1. The van der Waals surface area contributed by atoms with Gasteiger partial charge in [-0.25, -0.2) is 0 Å². The van der Waals surface area contributed by atoms with Gasteiger partial charge < -0.3 is 4.90 Å². The molecule has 0 spiro atoms. The number of thioether (sulfide) groups is 1. The number of aromatic nitrogens is 4. The first-order valence-electron chi connectivity index (χ1n) is 9.56. The molecule has 1 aliphatic rings. The van der Waals surface area contributed by atoms with Crippen LogP contribution in [0.15, 0.2) is 53.9 Å². The van der Waals surface area contributed by atoms with Gasteiger partial charge in [-0.3, -0.25) is 14.3 Å². The van der Waals surface area contributed by atoms with E-state index in [2.05, 4.69) is 46.4 Å². The number of benzene rings is 1. The first-order valence-corrected chi connectivity index (χ1v) is 10.5. The van der Waals surface area contributed by atoms with Crippen molar-refractivity contribution in [2.75, 3.05) is 18.8 Å². The molecule has 0 saturated carbocycles. The normalized spacial score (nSPS) is 14.2. The van der Waals surface area contributed by atoms with Crippen molar-refractivity contribution >= 4 is 17.7 Å². The molecule has 4 rings (SSSR count). The highest BCUT2D eigenvalue weighted by atomic mass is 32.2. The second kappa shape index (κ2) is 8.56.